The fraction of sp³-hybridized carbons (Fsp3) is 0.188. The van der Waals surface area contributed by atoms with E-state index in [-0.39, 0.29) is 11.9 Å². The topological polar surface area (TPSA) is 105 Å². The second kappa shape index (κ2) is 6.19. The van der Waals surface area contributed by atoms with Gasteiger partial charge in [0.15, 0.2) is 5.65 Å². The molecule has 0 unspecified atom stereocenters. The number of amides is 3. The number of hydrogen-bond donors (Lipinski definition) is 2. The average molecular weight is 337 g/mol. The summed E-state index contributed by atoms with van der Waals surface area (Å²) in [5.41, 5.74) is 2.35. The number of hydrogen-bond acceptors (Lipinski definition) is 5. The van der Waals surface area contributed by atoms with E-state index in [0.717, 1.165) is 12.1 Å². The van der Waals surface area contributed by atoms with Gasteiger partial charge in [-0.1, -0.05) is 6.07 Å². The maximum atomic E-state index is 12.4. The molecule has 1 aliphatic rings. The largest absolute Gasteiger partial charge is 0.338 e. The van der Waals surface area contributed by atoms with Gasteiger partial charge in [-0.15, -0.1) is 5.10 Å². The minimum atomic E-state index is -0.280. The molecule has 1 aliphatic heterocycles. The van der Waals surface area contributed by atoms with Crippen LogP contribution in [0.5, 0.6) is 0 Å². The molecule has 0 atom stereocenters. The molecule has 9 nitrogen and oxygen atoms in total. The Balaban J connectivity index is 1.54. The average Bonchev–Trinajstić information content (AvgIpc) is 3.10. The lowest BCUT2D eigenvalue weighted by Gasteiger charge is -2.27. The summed E-state index contributed by atoms with van der Waals surface area (Å²) >= 11 is 0. The molecule has 0 saturated carbocycles. The first-order valence-corrected chi connectivity index (χ1v) is 7.85. The van der Waals surface area contributed by atoms with Gasteiger partial charge in [-0.25, -0.2) is 4.79 Å². The molecule has 0 bridgehead atoms. The molecular formula is C16H15N7O2. The number of fused-ring (bicyclic) bond motifs is 1. The van der Waals surface area contributed by atoms with Crippen molar-refractivity contribution in [3.8, 4) is 0 Å². The molecule has 25 heavy (non-hydrogen) atoms. The van der Waals surface area contributed by atoms with Crippen molar-refractivity contribution in [3.63, 3.8) is 0 Å². The first-order chi connectivity index (χ1) is 12.2. The number of anilines is 2. The van der Waals surface area contributed by atoms with Crippen molar-refractivity contribution in [2.75, 3.05) is 23.3 Å². The monoisotopic (exact) mass is 337 g/mol. The molecule has 126 valence electrons. The number of urea groups is 1. The van der Waals surface area contributed by atoms with Crippen LogP contribution in [0.4, 0.5) is 16.2 Å². The molecule has 1 saturated heterocycles. The Morgan fingerprint density at radius 3 is 3.04 bits per heavy atom. The molecule has 3 amide bonds. The van der Waals surface area contributed by atoms with Crippen LogP contribution in [0.15, 0.2) is 42.6 Å². The first-order valence-electron chi connectivity index (χ1n) is 7.85. The van der Waals surface area contributed by atoms with E-state index in [1.54, 1.807) is 41.4 Å². The van der Waals surface area contributed by atoms with Crippen LogP contribution >= 0.6 is 0 Å². The Morgan fingerprint density at radius 1 is 1.24 bits per heavy atom. The zero-order valence-corrected chi connectivity index (χ0v) is 13.2. The summed E-state index contributed by atoms with van der Waals surface area (Å²) in [4.78, 5) is 26.1. The number of aromatic nitrogens is 4. The minimum absolute atomic E-state index is 0.126. The van der Waals surface area contributed by atoms with E-state index in [1.165, 1.54) is 4.52 Å². The van der Waals surface area contributed by atoms with Crippen molar-refractivity contribution in [3.05, 3.63) is 48.2 Å². The minimum Gasteiger partial charge on any atom is -0.338 e. The fourth-order valence-electron chi connectivity index (χ4n) is 2.71. The van der Waals surface area contributed by atoms with Crippen LogP contribution < -0.4 is 15.5 Å². The maximum absolute atomic E-state index is 12.4. The molecule has 1 aromatic carbocycles. The van der Waals surface area contributed by atoms with Crippen molar-refractivity contribution in [2.24, 2.45) is 0 Å². The molecule has 4 rings (SSSR count). The van der Waals surface area contributed by atoms with E-state index in [1.807, 2.05) is 6.07 Å². The lowest BCUT2D eigenvalue weighted by molar-refractivity contribution is 0.102. The van der Waals surface area contributed by atoms with Crippen molar-refractivity contribution in [1.29, 1.82) is 0 Å². The van der Waals surface area contributed by atoms with Crippen LogP contribution in [0.2, 0.25) is 0 Å². The van der Waals surface area contributed by atoms with E-state index < -0.39 is 0 Å². The highest BCUT2D eigenvalue weighted by atomic mass is 16.2. The third kappa shape index (κ3) is 2.99. The standard InChI is InChI=1S/C16H15N7O2/c24-15(11-5-6-14-19-20-21-23(14)10-11)18-12-3-1-4-13(9-12)22-8-2-7-17-16(22)25/h1,3-6,9-10H,2,7-8H2,(H,17,25)(H,18,24). The van der Waals surface area contributed by atoms with E-state index in [0.29, 0.717) is 30.0 Å². The first kappa shape index (κ1) is 15.1. The number of rotatable bonds is 3. The Kier molecular flexibility index (Phi) is 3.73. The molecular weight excluding hydrogens is 322 g/mol. The highest BCUT2D eigenvalue weighted by Gasteiger charge is 2.19. The van der Waals surface area contributed by atoms with E-state index in [4.69, 9.17) is 0 Å². The van der Waals surface area contributed by atoms with Crippen molar-refractivity contribution < 1.29 is 9.59 Å². The Hall–Kier alpha value is -3.49. The maximum Gasteiger partial charge on any atom is 0.321 e. The lowest BCUT2D eigenvalue weighted by Crippen LogP contribution is -2.46. The summed E-state index contributed by atoms with van der Waals surface area (Å²) in [6.07, 6.45) is 2.45. The second-order valence-electron chi connectivity index (χ2n) is 5.64. The third-order valence-corrected chi connectivity index (χ3v) is 3.95. The normalized spacial score (nSPS) is 14.4. The van der Waals surface area contributed by atoms with Crippen LogP contribution in [0.3, 0.4) is 0 Å². The summed E-state index contributed by atoms with van der Waals surface area (Å²) in [6, 6.07) is 10.4. The number of nitrogens with one attached hydrogen (secondary N) is 2. The molecule has 1 fully saturated rings. The summed E-state index contributed by atoms with van der Waals surface area (Å²) in [6.45, 7) is 1.34. The zero-order chi connectivity index (χ0) is 17.2. The van der Waals surface area contributed by atoms with Crippen molar-refractivity contribution in [2.45, 2.75) is 6.42 Å². The number of tetrazole rings is 1. The van der Waals surface area contributed by atoms with Gasteiger partial charge in [0.05, 0.1) is 5.56 Å². The highest BCUT2D eigenvalue weighted by molar-refractivity contribution is 6.04. The molecule has 2 N–H and O–H groups in total. The fourth-order valence-corrected chi connectivity index (χ4v) is 2.71. The van der Waals surface area contributed by atoms with Gasteiger partial charge in [-0.2, -0.15) is 4.52 Å². The summed E-state index contributed by atoms with van der Waals surface area (Å²) in [5, 5.41) is 16.8. The van der Waals surface area contributed by atoms with E-state index in [2.05, 4.69) is 26.2 Å². The smallest absolute Gasteiger partial charge is 0.321 e. The van der Waals surface area contributed by atoms with Crippen molar-refractivity contribution in [1.82, 2.24) is 25.4 Å². The van der Waals surface area contributed by atoms with Crippen LogP contribution in [0.1, 0.15) is 16.8 Å². The Bertz CT molecular complexity index is 952. The number of nitrogens with zero attached hydrogens (tertiary/aromatic N) is 5. The Morgan fingerprint density at radius 2 is 2.16 bits per heavy atom. The van der Waals surface area contributed by atoms with Gasteiger partial charge in [0.2, 0.25) is 0 Å². The van der Waals surface area contributed by atoms with Gasteiger partial charge in [-0.05, 0) is 47.2 Å². The Labute approximate surface area is 142 Å². The van der Waals surface area contributed by atoms with E-state index in [9.17, 15) is 9.59 Å². The zero-order valence-electron chi connectivity index (χ0n) is 13.2. The molecule has 0 spiro atoms. The van der Waals surface area contributed by atoms with Crippen LogP contribution in [0.25, 0.3) is 5.65 Å². The third-order valence-electron chi connectivity index (χ3n) is 3.95. The number of carbonyl (C=O) groups excluding carboxylic acids is 2. The summed E-state index contributed by atoms with van der Waals surface area (Å²) < 4.78 is 1.43. The molecule has 3 aromatic rings. The number of benzene rings is 1. The van der Waals surface area contributed by atoms with Gasteiger partial charge in [0.1, 0.15) is 0 Å². The van der Waals surface area contributed by atoms with Crippen LogP contribution in [-0.2, 0) is 0 Å². The predicted molar refractivity (Wildman–Crippen MR) is 90.5 cm³/mol. The summed E-state index contributed by atoms with van der Waals surface area (Å²) in [5.74, 6) is -0.280. The van der Waals surface area contributed by atoms with E-state index >= 15 is 0 Å². The molecule has 9 heteroatoms. The van der Waals surface area contributed by atoms with Gasteiger partial charge in [0.25, 0.3) is 5.91 Å². The van der Waals surface area contributed by atoms with Crippen LogP contribution in [-0.4, -0.2) is 45.1 Å². The van der Waals surface area contributed by atoms with Gasteiger partial charge in [0, 0.05) is 30.7 Å². The molecule has 2 aromatic heterocycles. The van der Waals surface area contributed by atoms with Gasteiger partial charge in [-0.3, -0.25) is 9.69 Å². The van der Waals surface area contributed by atoms with Gasteiger partial charge < -0.3 is 10.6 Å². The van der Waals surface area contributed by atoms with Crippen LogP contribution in [0, 0.1) is 0 Å². The quantitative estimate of drug-likeness (QED) is 0.749. The number of carbonyl (C=O) groups is 2. The van der Waals surface area contributed by atoms with Gasteiger partial charge >= 0.3 is 6.03 Å². The second-order valence-corrected chi connectivity index (χ2v) is 5.64. The molecule has 0 aliphatic carbocycles. The SMILES string of the molecule is O=C(Nc1cccc(N2CCCNC2=O)c1)c1ccc2nnnn2c1. The summed E-state index contributed by atoms with van der Waals surface area (Å²) in [7, 11) is 0. The molecule has 3 heterocycles. The highest BCUT2D eigenvalue weighted by Crippen LogP contribution is 2.21. The predicted octanol–water partition coefficient (Wildman–Crippen LogP) is 1.30. The van der Waals surface area contributed by atoms with Crippen molar-refractivity contribution >= 4 is 29.0 Å². The lowest BCUT2D eigenvalue weighted by atomic mass is 10.2. The number of pyridine rings is 1. The molecule has 0 radical (unpaired) electrons.